The molecule has 0 heterocycles. The van der Waals surface area contributed by atoms with Gasteiger partial charge in [-0.3, -0.25) is 4.79 Å². The molecule has 0 aromatic heterocycles. The Hall–Kier alpha value is -2.62. The molecule has 0 fully saturated rings. The summed E-state index contributed by atoms with van der Waals surface area (Å²) in [5.74, 6) is 0.353. The first-order valence-electron chi connectivity index (χ1n) is 7.43. The minimum Gasteiger partial charge on any atom is -0.496 e. The average molecular weight is 313 g/mol. The van der Waals surface area contributed by atoms with Crippen LogP contribution in [-0.2, 0) is 11.2 Å². The number of benzene rings is 2. The maximum absolute atomic E-state index is 12.8. The number of ether oxygens (including phenoxy) is 1. The molecule has 0 saturated carbocycles. The lowest BCUT2D eigenvalue weighted by molar-refractivity contribution is -0.116. The standard InChI is InChI=1S/C19H20FNO2/c1-14-3-9-18(23-2)16(13-14)11-12-21-19(22)10-6-15-4-7-17(20)8-5-15/h3-10,13H,11-12H2,1-2H3,(H,21,22)/b10-6+. The van der Waals surface area contributed by atoms with Crippen molar-refractivity contribution in [3.05, 3.63) is 71.0 Å². The Morgan fingerprint density at radius 2 is 1.96 bits per heavy atom. The second kappa shape index (κ2) is 8.13. The number of aryl methyl sites for hydroxylation is 1. The van der Waals surface area contributed by atoms with Crippen molar-refractivity contribution < 1.29 is 13.9 Å². The molecule has 0 unspecified atom stereocenters. The van der Waals surface area contributed by atoms with Gasteiger partial charge < -0.3 is 10.1 Å². The minimum absolute atomic E-state index is 0.180. The van der Waals surface area contributed by atoms with E-state index in [9.17, 15) is 9.18 Å². The summed E-state index contributed by atoms with van der Waals surface area (Å²) in [6.45, 7) is 2.54. The number of nitrogens with one attached hydrogen (secondary N) is 1. The van der Waals surface area contributed by atoms with Gasteiger partial charge in [0.05, 0.1) is 7.11 Å². The summed E-state index contributed by atoms with van der Waals surface area (Å²) >= 11 is 0. The molecule has 120 valence electrons. The Kier molecular flexibility index (Phi) is 5.92. The molecule has 0 saturated heterocycles. The summed E-state index contributed by atoms with van der Waals surface area (Å²) in [5.41, 5.74) is 3.00. The van der Waals surface area contributed by atoms with Gasteiger partial charge in [-0.2, -0.15) is 0 Å². The smallest absolute Gasteiger partial charge is 0.244 e. The highest BCUT2D eigenvalue weighted by molar-refractivity contribution is 5.91. The lowest BCUT2D eigenvalue weighted by atomic mass is 10.1. The van der Waals surface area contributed by atoms with Crippen LogP contribution >= 0.6 is 0 Å². The first-order valence-corrected chi connectivity index (χ1v) is 7.43. The summed E-state index contributed by atoms with van der Waals surface area (Å²) in [7, 11) is 1.64. The molecular weight excluding hydrogens is 293 g/mol. The predicted molar refractivity (Wildman–Crippen MR) is 89.9 cm³/mol. The third-order valence-corrected chi connectivity index (χ3v) is 3.43. The van der Waals surface area contributed by atoms with Gasteiger partial charge in [-0.25, -0.2) is 4.39 Å². The van der Waals surface area contributed by atoms with E-state index in [4.69, 9.17) is 4.74 Å². The largest absolute Gasteiger partial charge is 0.496 e. The Balaban J connectivity index is 1.85. The number of carbonyl (C=O) groups is 1. The first-order chi connectivity index (χ1) is 11.1. The topological polar surface area (TPSA) is 38.3 Å². The van der Waals surface area contributed by atoms with E-state index in [2.05, 4.69) is 11.4 Å². The summed E-state index contributed by atoms with van der Waals surface area (Å²) in [6.07, 6.45) is 3.80. The maximum atomic E-state index is 12.8. The van der Waals surface area contributed by atoms with Gasteiger partial charge in [0.2, 0.25) is 5.91 Å². The summed E-state index contributed by atoms with van der Waals surface area (Å²) < 4.78 is 18.1. The second-order valence-corrected chi connectivity index (χ2v) is 5.24. The van der Waals surface area contributed by atoms with E-state index in [-0.39, 0.29) is 11.7 Å². The van der Waals surface area contributed by atoms with Crippen LogP contribution in [0.5, 0.6) is 5.75 Å². The fraction of sp³-hybridized carbons (Fsp3) is 0.211. The molecule has 0 spiro atoms. The highest BCUT2D eigenvalue weighted by atomic mass is 19.1. The molecule has 0 aliphatic heterocycles. The fourth-order valence-electron chi connectivity index (χ4n) is 2.23. The summed E-state index contributed by atoms with van der Waals surface area (Å²) in [4.78, 5) is 11.8. The zero-order valence-corrected chi connectivity index (χ0v) is 13.3. The van der Waals surface area contributed by atoms with Gasteiger partial charge >= 0.3 is 0 Å². The number of rotatable bonds is 6. The Morgan fingerprint density at radius 1 is 1.22 bits per heavy atom. The van der Waals surface area contributed by atoms with Crippen molar-refractivity contribution in [1.82, 2.24) is 5.32 Å². The summed E-state index contributed by atoms with van der Waals surface area (Å²) in [6, 6.07) is 11.9. The van der Waals surface area contributed by atoms with Gasteiger partial charge in [-0.15, -0.1) is 0 Å². The number of hydrogen-bond acceptors (Lipinski definition) is 2. The van der Waals surface area contributed by atoms with Crippen molar-refractivity contribution in [3.63, 3.8) is 0 Å². The first kappa shape index (κ1) is 16.7. The fourth-order valence-corrected chi connectivity index (χ4v) is 2.23. The summed E-state index contributed by atoms with van der Waals surface area (Å²) in [5, 5.41) is 2.83. The van der Waals surface area contributed by atoms with Crippen LogP contribution in [0.15, 0.2) is 48.5 Å². The SMILES string of the molecule is COc1ccc(C)cc1CCNC(=O)/C=C/c1ccc(F)cc1. The van der Waals surface area contributed by atoms with Crippen molar-refractivity contribution in [1.29, 1.82) is 0 Å². The molecule has 4 heteroatoms. The highest BCUT2D eigenvalue weighted by Crippen LogP contribution is 2.19. The van der Waals surface area contributed by atoms with E-state index in [0.29, 0.717) is 13.0 Å². The number of carbonyl (C=O) groups excluding carboxylic acids is 1. The molecule has 23 heavy (non-hydrogen) atoms. The normalized spacial score (nSPS) is 10.7. The van der Waals surface area contributed by atoms with Gasteiger partial charge in [0.15, 0.2) is 0 Å². The van der Waals surface area contributed by atoms with Crippen molar-refractivity contribution in [3.8, 4) is 5.75 Å². The maximum Gasteiger partial charge on any atom is 0.244 e. The van der Waals surface area contributed by atoms with Crippen LogP contribution in [0.1, 0.15) is 16.7 Å². The van der Waals surface area contributed by atoms with E-state index < -0.39 is 0 Å². The molecule has 3 nitrogen and oxygen atoms in total. The van der Waals surface area contributed by atoms with Crippen LogP contribution in [0.2, 0.25) is 0 Å². The second-order valence-electron chi connectivity index (χ2n) is 5.24. The van der Waals surface area contributed by atoms with Crippen molar-refractivity contribution in [2.75, 3.05) is 13.7 Å². The molecular formula is C19H20FNO2. The lowest BCUT2D eigenvalue weighted by Gasteiger charge is -2.09. The Bertz CT molecular complexity index is 693. The molecule has 0 atom stereocenters. The van der Waals surface area contributed by atoms with E-state index in [1.807, 2.05) is 19.1 Å². The van der Waals surface area contributed by atoms with Gasteiger partial charge in [-0.05, 0) is 48.7 Å². The van der Waals surface area contributed by atoms with E-state index >= 15 is 0 Å². The van der Waals surface area contributed by atoms with Crippen molar-refractivity contribution >= 4 is 12.0 Å². The van der Waals surface area contributed by atoms with Gasteiger partial charge in [0, 0.05) is 12.6 Å². The van der Waals surface area contributed by atoms with E-state index in [1.54, 1.807) is 25.3 Å². The third kappa shape index (κ3) is 5.25. The molecule has 2 rings (SSSR count). The predicted octanol–water partition coefficient (Wildman–Crippen LogP) is 3.51. The monoisotopic (exact) mass is 313 g/mol. The molecule has 1 N–H and O–H groups in total. The van der Waals surface area contributed by atoms with E-state index in [1.165, 1.54) is 18.2 Å². The molecule has 0 aliphatic carbocycles. The molecule has 2 aromatic carbocycles. The molecule has 0 bridgehead atoms. The number of amides is 1. The zero-order chi connectivity index (χ0) is 16.7. The van der Waals surface area contributed by atoms with Crippen LogP contribution in [0.4, 0.5) is 4.39 Å². The molecule has 1 amide bonds. The lowest BCUT2D eigenvalue weighted by Crippen LogP contribution is -2.23. The third-order valence-electron chi connectivity index (χ3n) is 3.43. The Labute approximate surface area is 135 Å². The number of hydrogen-bond donors (Lipinski definition) is 1. The van der Waals surface area contributed by atoms with E-state index in [0.717, 1.165) is 22.4 Å². The van der Waals surface area contributed by atoms with Crippen LogP contribution in [-0.4, -0.2) is 19.6 Å². The van der Waals surface area contributed by atoms with Crippen LogP contribution in [0.25, 0.3) is 6.08 Å². The highest BCUT2D eigenvalue weighted by Gasteiger charge is 2.03. The Morgan fingerprint density at radius 3 is 2.65 bits per heavy atom. The van der Waals surface area contributed by atoms with Gasteiger partial charge in [-0.1, -0.05) is 29.8 Å². The zero-order valence-electron chi connectivity index (χ0n) is 13.3. The van der Waals surface area contributed by atoms with Crippen LogP contribution in [0, 0.1) is 12.7 Å². The van der Waals surface area contributed by atoms with Crippen molar-refractivity contribution in [2.45, 2.75) is 13.3 Å². The molecule has 2 aromatic rings. The number of methoxy groups -OCH3 is 1. The van der Waals surface area contributed by atoms with Crippen molar-refractivity contribution in [2.24, 2.45) is 0 Å². The van der Waals surface area contributed by atoms with Crippen LogP contribution < -0.4 is 10.1 Å². The van der Waals surface area contributed by atoms with Crippen LogP contribution in [0.3, 0.4) is 0 Å². The minimum atomic E-state index is -0.293. The molecule has 0 radical (unpaired) electrons. The van der Waals surface area contributed by atoms with Gasteiger partial charge in [0.1, 0.15) is 11.6 Å². The quantitative estimate of drug-likeness (QED) is 0.829. The van der Waals surface area contributed by atoms with Gasteiger partial charge in [0.25, 0.3) is 0 Å². The average Bonchev–Trinajstić information content (AvgIpc) is 2.54. The molecule has 0 aliphatic rings. The number of halogens is 1.